The van der Waals surface area contributed by atoms with E-state index in [2.05, 4.69) is 5.32 Å². The lowest BCUT2D eigenvalue weighted by molar-refractivity contribution is 0.0937. The van der Waals surface area contributed by atoms with Crippen molar-refractivity contribution in [2.45, 2.75) is 20.0 Å². The van der Waals surface area contributed by atoms with Crippen molar-refractivity contribution >= 4 is 11.6 Å². The Kier molecular flexibility index (Phi) is 5.45. The number of nitrogens with one attached hydrogen (secondary N) is 1. The maximum atomic E-state index is 11.7. The summed E-state index contributed by atoms with van der Waals surface area (Å²) in [6.45, 7) is 4.80. The SMILES string of the molecule is COCCNC(=O)c1ccc(OC(C)C)c(N)c1. The van der Waals surface area contributed by atoms with Crippen molar-refractivity contribution in [3.05, 3.63) is 23.8 Å². The molecule has 18 heavy (non-hydrogen) atoms. The van der Waals surface area contributed by atoms with Crippen LogP contribution in [-0.2, 0) is 4.74 Å². The maximum absolute atomic E-state index is 11.7. The van der Waals surface area contributed by atoms with Crippen LogP contribution in [0.1, 0.15) is 24.2 Å². The van der Waals surface area contributed by atoms with Gasteiger partial charge in [0.05, 0.1) is 18.4 Å². The average molecular weight is 252 g/mol. The quantitative estimate of drug-likeness (QED) is 0.593. The van der Waals surface area contributed by atoms with Crippen LogP contribution in [0.15, 0.2) is 18.2 Å². The van der Waals surface area contributed by atoms with Gasteiger partial charge in [-0.2, -0.15) is 0 Å². The maximum Gasteiger partial charge on any atom is 0.251 e. The van der Waals surface area contributed by atoms with Crippen molar-refractivity contribution in [1.29, 1.82) is 0 Å². The molecule has 100 valence electrons. The van der Waals surface area contributed by atoms with Crippen molar-refractivity contribution in [3.8, 4) is 5.75 Å². The van der Waals surface area contributed by atoms with Crippen LogP contribution in [0.5, 0.6) is 5.75 Å². The van der Waals surface area contributed by atoms with E-state index >= 15 is 0 Å². The Bertz CT molecular complexity index is 405. The van der Waals surface area contributed by atoms with E-state index in [-0.39, 0.29) is 12.0 Å². The third-order valence-electron chi connectivity index (χ3n) is 2.23. The summed E-state index contributed by atoms with van der Waals surface area (Å²) < 4.78 is 10.4. The van der Waals surface area contributed by atoms with Crippen LogP contribution >= 0.6 is 0 Å². The molecule has 5 heteroatoms. The highest BCUT2D eigenvalue weighted by Gasteiger charge is 2.09. The highest BCUT2D eigenvalue weighted by atomic mass is 16.5. The molecule has 3 N–H and O–H groups in total. The summed E-state index contributed by atoms with van der Waals surface area (Å²) in [4.78, 5) is 11.7. The van der Waals surface area contributed by atoms with Gasteiger partial charge in [-0.15, -0.1) is 0 Å². The highest BCUT2D eigenvalue weighted by Crippen LogP contribution is 2.23. The van der Waals surface area contributed by atoms with Gasteiger partial charge in [-0.1, -0.05) is 0 Å². The lowest BCUT2D eigenvalue weighted by atomic mass is 10.1. The Morgan fingerprint density at radius 2 is 2.17 bits per heavy atom. The van der Waals surface area contributed by atoms with Crippen LogP contribution in [0.25, 0.3) is 0 Å². The van der Waals surface area contributed by atoms with Crippen LogP contribution < -0.4 is 15.8 Å². The summed E-state index contributed by atoms with van der Waals surface area (Å²) in [5, 5.41) is 2.73. The second-order valence-electron chi connectivity index (χ2n) is 4.17. The minimum Gasteiger partial charge on any atom is -0.489 e. The topological polar surface area (TPSA) is 73.6 Å². The van der Waals surface area contributed by atoms with Crippen molar-refractivity contribution in [2.75, 3.05) is 26.0 Å². The van der Waals surface area contributed by atoms with Gasteiger partial charge in [0, 0.05) is 19.2 Å². The molecule has 0 bridgehead atoms. The van der Waals surface area contributed by atoms with Gasteiger partial charge >= 0.3 is 0 Å². The summed E-state index contributed by atoms with van der Waals surface area (Å²) >= 11 is 0. The molecule has 0 aliphatic carbocycles. The molecule has 0 aliphatic heterocycles. The molecule has 1 amide bonds. The molecule has 1 rings (SSSR count). The lowest BCUT2D eigenvalue weighted by Crippen LogP contribution is -2.27. The zero-order valence-corrected chi connectivity index (χ0v) is 11.0. The third kappa shape index (κ3) is 4.25. The third-order valence-corrected chi connectivity index (χ3v) is 2.23. The fourth-order valence-electron chi connectivity index (χ4n) is 1.42. The van der Waals surface area contributed by atoms with E-state index in [0.717, 1.165) is 0 Å². The van der Waals surface area contributed by atoms with Crippen LogP contribution in [-0.4, -0.2) is 32.3 Å². The second kappa shape index (κ2) is 6.86. The molecule has 0 spiro atoms. The summed E-state index contributed by atoms with van der Waals surface area (Å²) in [6.07, 6.45) is 0.0497. The largest absolute Gasteiger partial charge is 0.489 e. The molecule has 0 aliphatic rings. The first-order valence-corrected chi connectivity index (χ1v) is 5.88. The summed E-state index contributed by atoms with van der Waals surface area (Å²) in [5.41, 5.74) is 6.81. The Morgan fingerprint density at radius 3 is 2.72 bits per heavy atom. The molecule has 0 aromatic heterocycles. The van der Waals surface area contributed by atoms with Gasteiger partial charge in [-0.3, -0.25) is 4.79 Å². The zero-order chi connectivity index (χ0) is 13.5. The van der Waals surface area contributed by atoms with Gasteiger partial charge < -0.3 is 20.5 Å². The molecule has 0 radical (unpaired) electrons. The molecule has 5 nitrogen and oxygen atoms in total. The zero-order valence-electron chi connectivity index (χ0n) is 11.0. The number of methoxy groups -OCH3 is 1. The standard InChI is InChI=1S/C13H20N2O3/c1-9(2)18-12-5-4-10(8-11(12)14)13(16)15-6-7-17-3/h4-5,8-9H,6-7,14H2,1-3H3,(H,15,16). The fraction of sp³-hybridized carbons (Fsp3) is 0.462. The van der Waals surface area contributed by atoms with Crippen molar-refractivity contribution in [3.63, 3.8) is 0 Å². The van der Waals surface area contributed by atoms with Gasteiger partial charge in [0.15, 0.2) is 0 Å². The number of amides is 1. The second-order valence-corrected chi connectivity index (χ2v) is 4.17. The van der Waals surface area contributed by atoms with Crippen LogP contribution in [0.4, 0.5) is 5.69 Å². The number of anilines is 1. The normalized spacial score (nSPS) is 10.4. The summed E-state index contributed by atoms with van der Waals surface area (Å²) in [7, 11) is 1.59. The van der Waals surface area contributed by atoms with Crippen molar-refractivity contribution < 1.29 is 14.3 Å². The Balaban J connectivity index is 2.68. The van der Waals surface area contributed by atoms with Gasteiger partial charge in [0.2, 0.25) is 0 Å². The summed E-state index contributed by atoms with van der Waals surface area (Å²) in [6, 6.07) is 5.01. The van der Waals surface area contributed by atoms with Crippen molar-refractivity contribution in [1.82, 2.24) is 5.32 Å². The monoisotopic (exact) mass is 252 g/mol. The lowest BCUT2D eigenvalue weighted by Gasteiger charge is -2.13. The van der Waals surface area contributed by atoms with Gasteiger partial charge in [-0.25, -0.2) is 0 Å². The number of nitrogen functional groups attached to an aromatic ring is 1. The molecular formula is C13H20N2O3. The van der Waals surface area contributed by atoms with E-state index in [9.17, 15) is 4.79 Å². The van der Waals surface area contributed by atoms with E-state index in [4.69, 9.17) is 15.2 Å². The van der Waals surface area contributed by atoms with Gasteiger partial charge in [0.1, 0.15) is 5.75 Å². The van der Waals surface area contributed by atoms with Crippen LogP contribution in [0.2, 0.25) is 0 Å². The first-order chi connectivity index (χ1) is 8.54. The Labute approximate surface area is 107 Å². The molecule has 0 atom stereocenters. The number of hydrogen-bond donors (Lipinski definition) is 2. The van der Waals surface area contributed by atoms with Crippen LogP contribution in [0, 0.1) is 0 Å². The van der Waals surface area contributed by atoms with E-state index in [1.807, 2.05) is 13.8 Å². The first-order valence-electron chi connectivity index (χ1n) is 5.88. The molecule has 0 unspecified atom stereocenters. The number of rotatable bonds is 6. The number of benzene rings is 1. The predicted molar refractivity (Wildman–Crippen MR) is 70.8 cm³/mol. The number of carbonyl (C=O) groups is 1. The van der Waals surface area contributed by atoms with Gasteiger partial charge in [-0.05, 0) is 32.0 Å². The number of ether oxygens (including phenoxy) is 2. The average Bonchev–Trinajstić information content (AvgIpc) is 2.31. The Morgan fingerprint density at radius 1 is 1.44 bits per heavy atom. The smallest absolute Gasteiger partial charge is 0.251 e. The highest BCUT2D eigenvalue weighted by molar-refractivity contribution is 5.95. The van der Waals surface area contributed by atoms with E-state index < -0.39 is 0 Å². The first kappa shape index (κ1) is 14.3. The number of carbonyl (C=O) groups excluding carboxylic acids is 1. The predicted octanol–water partition coefficient (Wildman–Crippen LogP) is 1.43. The molecule has 0 saturated carbocycles. The van der Waals surface area contributed by atoms with E-state index in [1.54, 1.807) is 25.3 Å². The Hall–Kier alpha value is -1.75. The number of nitrogens with two attached hydrogens (primary N) is 1. The van der Waals surface area contributed by atoms with Crippen molar-refractivity contribution in [2.24, 2.45) is 0 Å². The summed E-state index contributed by atoms with van der Waals surface area (Å²) in [5.74, 6) is 0.424. The van der Waals surface area contributed by atoms with E-state index in [0.29, 0.717) is 30.2 Å². The number of hydrogen-bond acceptors (Lipinski definition) is 4. The van der Waals surface area contributed by atoms with Gasteiger partial charge in [0.25, 0.3) is 5.91 Å². The van der Waals surface area contributed by atoms with Crippen LogP contribution in [0.3, 0.4) is 0 Å². The molecule has 1 aromatic rings. The minimum atomic E-state index is -0.171. The molecule has 0 heterocycles. The molecule has 1 aromatic carbocycles. The minimum absolute atomic E-state index is 0.0497. The van der Waals surface area contributed by atoms with E-state index in [1.165, 1.54) is 0 Å². The molecule has 0 fully saturated rings. The molecular weight excluding hydrogens is 232 g/mol. The fourth-order valence-corrected chi connectivity index (χ4v) is 1.42. The molecule has 0 saturated heterocycles.